The van der Waals surface area contributed by atoms with Gasteiger partial charge in [0.2, 0.25) is 10.5 Å². The molecular weight excluding hydrogens is 408 g/mol. The Balaban J connectivity index is 1.48. The van der Waals surface area contributed by atoms with E-state index in [-0.39, 0.29) is 5.56 Å². The predicted octanol–water partition coefficient (Wildman–Crippen LogP) is 3.15. The Labute approximate surface area is 185 Å². The number of hydrogen-bond donors (Lipinski definition) is 0. The van der Waals surface area contributed by atoms with Gasteiger partial charge in [0, 0.05) is 38.4 Å². The van der Waals surface area contributed by atoms with Gasteiger partial charge in [0.05, 0.1) is 17.6 Å². The topological polar surface area (TPSA) is 50.7 Å². The third kappa shape index (κ3) is 3.47. The number of fused-ring (bicyclic) bond motifs is 3. The minimum absolute atomic E-state index is 0.0772. The van der Waals surface area contributed by atoms with Gasteiger partial charge in [0.15, 0.2) is 0 Å². The van der Waals surface area contributed by atoms with Gasteiger partial charge in [-0.3, -0.25) is 18.7 Å². The predicted molar refractivity (Wildman–Crippen MR) is 126 cm³/mol. The van der Waals surface area contributed by atoms with Gasteiger partial charge in [-0.05, 0) is 36.5 Å². The van der Waals surface area contributed by atoms with Crippen molar-refractivity contribution in [3.05, 3.63) is 82.4 Å². The Morgan fingerprint density at radius 2 is 1.71 bits per heavy atom. The van der Waals surface area contributed by atoms with E-state index in [1.165, 1.54) is 5.69 Å². The first-order chi connectivity index (χ1) is 15.2. The summed E-state index contributed by atoms with van der Waals surface area (Å²) in [4.78, 5) is 17.8. The van der Waals surface area contributed by atoms with E-state index in [1.807, 2.05) is 39.4 Å². The molecule has 1 aliphatic rings. The van der Waals surface area contributed by atoms with E-state index in [2.05, 4.69) is 40.6 Å². The number of rotatable bonds is 5. The zero-order valence-corrected chi connectivity index (χ0v) is 18.0. The van der Waals surface area contributed by atoms with Crippen LogP contribution >= 0.6 is 12.2 Å². The summed E-state index contributed by atoms with van der Waals surface area (Å²) >= 11 is 5.79. The molecule has 0 unspecified atom stereocenters. The van der Waals surface area contributed by atoms with Crippen molar-refractivity contribution in [2.75, 3.05) is 31.1 Å². The molecule has 7 nitrogen and oxygen atoms in total. The molecule has 158 valence electrons. The number of nitrogens with zero attached hydrogens (tertiary/aromatic N) is 6. The molecule has 4 aromatic rings. The van der Waals surface area contributed by atoms with Gasteiger partial charge in [-0.1, -0.05) is 36.4 Å². The highest BCUT2D eigenvalue weighted by Gasteiger charge is 2.20. The molecule has 2 aromatic carbocycles. The number of aromatic nitrogens is 4. The van der Waals surface area contributed by atoms with Crippen molar-refractivity contribution >= 4 is 34.6 Å². The molecule has 0 bridgehead atoms. The minimum Gasteiger partial charge on any atom is -0.369 e. The summed E-state index contributed by atoms with van der Waals surface area (Å²) in [6.45, 7) is 8.53. The fourth-order valence-electron chi connectivity index (χ4n) is 4.23. The molecular formula is C23H24N6OS. The maximum Gasteiger partial charge on any atom is 0.263 e. The van der Waals surface area contributed by atoms with Crippen molar-refractivity contribution in [1.29, 1.82) is 0 Å². The lowest BCUT2D eigenvalue weighted by Crippen LogP contribution is -2.46. The lowest BCUT2D eigenvalue weighted by molar-refractivity contribution is 0.194. The largest absolute Gasteiger partial charge is 0.369 e. The Morgan fingerprint density at radius 3 is 2.45 bits per heavy atom. The summed E-state index contributed by atoms with van der Waals surface area (Å²) in [6.07, 6.45) is 1.71. The van der Waals surface area contributed by atoms with E-state index < -0.39 is 0 Å². The summed E-state index contributed by atoms with van der Waals surface area (Å²) in [6, 6.07) is 18.0. The average molecular weight is 433 g/mol. The zero-order valence-electron chi connectivity index (χ0n) is 17.2. The first-order valence-corrected chi connectivity index (χ1v) is 10.8. The second-order valence-electron chi connectivity index (χ2n) is 7.72. The van der Waals surface area contributed by atoms with Crippen molar-refractivity contribution in [2.45, 2.75) is 13.2 Å². The second-order valence-corrected chi connectivity index (χ2v) is 8.09. The summed E-state index contributed by atoms with van der Waals surface area (Å²) in [5.74, 6) is 0.552. The normalized spacial score (nSPS) is 15.0. The number of benzene rings is 2. The van der Waals surface area contributed by atoms with E-state index >= 15 is 0 Å². The quantitative estimate of drug-likeness (QED) is 0.358. The van der Waals surface area contributed by atoms with Crippen LogP contribution in [0.4, 0.5) is 5.69 Å². The van der Waals surface area contributed by atoms with Crippen LogP contribution in [-0.2, 0) is 13.2 Å². The van der Waals surface area contributed by atoms with Crippen molar-refractivity contribution in [3.63, 3.8) is 0 Å². The third-order valence-electron chi connectivity index (χ3n) is 5.82. The number of piperazine rings is 1. The van der Waals surface area contributed by atoms with Crippen molar-refractivity contribution in [1.82, 2.24) is 23.6 Å². The number of allylic oxidation sites excluding steroid dienone is 1. The fraction of sp³-hybridized carbons (Fsp3) is 0.261. The Kier molecular flexibility index (Phi) is 5.17. The molecule has 0 spiro atoms. The van der Waals surface area contributed by atoms with Gasteiger partial charge in [-0.15, -0.1) is 11.7 Å². The van der Waals surface area contributed by atoms with E-state index in [9.17, 15) is 4.79 Å². The van der Waals surface area contributed by atoms with E-state index in [0.29, 0.717) is 29.1 Å². The smallest absolute Gasteiger partial charge is 0.263 e. The standard InChI is InChI=1S/C23H24N6OS/c1-2-12-27-21(30)19-10-6-7-11-20(19)29-22(27)24-28(23(29)31)17-25-13-15-26(16-14-25)18-8-4-3-5-9-18/h2-11H,1,12-17H2. The number of para-hydroxylation sites is 2. The molecule has 0 N–H and O–H groups in total. The molecule has 2 aromatic heterocycles. The molecule has 3 heterocycles. The van der Waals surface area contributed by atoms with Crippen molar-refractivity contribution < 1.29 is 0 Å². The molecule has 5 rings (SSSR count). The zero-order chi connectivity index (χ0) is 21.4. The van der Waals surface area contributed by atoms with Gasteiger partial charge < -0.3 is 4.90 Å². The Morgan fingerprint density at radius 1 is 1.00 bits per heavy atom. The molecule has 31 heavy (non-hydrogen) atoms. The molecule has 1 fully saturated rings. The third-order valence-corrected chi connectivity index (χ3v) is 6.22. The van der Waals surface area contributed by atoms with Crippen LogP contribution in [0.3, 0.4) is 0 Å². The first-order valence-electron chi connectivity index (χ1n) is 10.4. The molecule has 0 radical (unpaired) electrons. The maximum atomic E-state index is 13.0. The van der Waals surface area contributed by atoms with E-state index in [4.69, 9.17) is 17.3 Å². The van der Waals surface area contributed by atoms with Gasteiger partial charge >= 0.3 is 0 Å². The highest BCUT2D eigenvalue weighted by atomic mass is 32.1. The monoisotopic (exact) mass is 432 g/mol. The SMILES string of the molecule is C=CCn1c(=O)c2ccccc2n2c(=S)n(CN3CCN(c4ccccc4)CC3)nc12. The lowest BCUT2D eigenvalue weighted by Gasteiger charge is -2.35. The fourth-order valence-corrected chi connectivity index (χ4v) is 4.51. The summed E-state index contributed by atoms with van der Waals surface area (Å²) < 4.78 is 5.95. The van der Waals surface area contributed by atoms with Crippen molar-refractivity contribution in [2.24, 2.45) is 0 Å². The molecule has 0 aliphatic carbocycles. The summed E-state index contributed by atoms with van der Waals surface area (Å²) in [5, 5.41) is 5.38. The summed E-state index contributed by atoms with van der Waals surface area (Å²) in [7, 11) is 0. The number of hydrogen-bond acceptors (Lipinski definition) is 5. The molecule has 0 amide bonds. The average Bonchev–Trinajstić information content (AvgIpc) is 3.13. The molecule has 0 atom stereocenters. The first kappa shape index (κ1) is 19.7. The molecule has 8 heteroatoms. The van der Waals surface area contributed by atoms with Gasteiger partial charge in [-0.25, -0.2) is 4.68 Å². The van der Waals surface area contributed by atoms with Crippen LogP contribution < -0.4 is 10.5 Å². The Hall–Kier alpha value is -3.23. The van der Waals surface area contributed by atoms with Crippen LogP contribution in [0.2, 0.25) is 0 Å². The molecule has 1 saturated heterocycles. The van der Waals surface area contributed by atoms with E-state index in [1.54, 1.807) is 10.6 Å². The second kappa shape index (κ2) is 8.13. The Bertz CT molecular complexity index is 1360. The van der Waals surface area contributed by atoms with E-state index in [0.717, 1.165) is 31.7 Å². The van der Waals surface area contributed by atoms with Gasteiger partial charge in [0.25, 0.3) is 5.56 Å². The number of anilines is 1. The van der Waals surface area contributed by atoms with Crippen LogP contribution in [0.15, 0.2) is 72.0 Å². The molecule has 0 saturated carbocycles. The minimum atomic E-state index is -0.0772. The highest BCUT2D eigenvalue weighted by Crippen LogP contribution is 2.17. The maximum absolute atomic E-state index is 13.0. The van der Waals surface area contributed by atoms with Crippen molar-refractivity contribution in [3.8, 4) is 0 Å². The lowest BCUT2D eigenvalue weighted by atomic mass is 10.2. The van der Waals surface area contributed by atoms with Gasteiger partial charge in [0.1, 0.15) is 0 Å². The van der Waals surface area contributed by atoms with Crippen LogP contribution in [0, 0.1) is 4.77 Å². The van der Waals surface area contributed by atoms with Gasteiger partial charge in [-0.2, -0.15) is 0 Å². The van der Waals surface area contributed by atoms with Crippen LogP contribution in [0.5, 0.6) is 0 Å². The van der Waals surface area contributed by atoms with Crippen LogP contribution in [0.25, 0.3) is 16.7 Å². The van der Waals surface area contributed by atoms with Crippen LogP contribution in [-0.4, -0.2) is 49.8 Å². The van der Waals surface area contributed by atoms with Crippen LogP contribution in [0.1, 0.15) is 0 Å². The molecule has 1 aliphatic heterocycles. The highest BCUT2D eigenvalue weighted by molar-refractivity contribution is 7.71. The summed E-state index contributed by atoms with van der Waals surface area (Å²) in [5.41, 5.74) is 1.96.